The molecule has 0 amide bonds. The minimum absolute atomic E-state index is 0.580. The summed E-state index contributed by atoms with van der Waals surface area (Å²) in [6, 6.07) is 7.56. The van der Waals surface area contributed by atoms with Crippen LogP contribution in [0.25, 0.3) is 11.4 Å². The van der Waals surface area contributed by atoms with Crippen molar-refractivity contribution in [2.75, 3.05) is 13.7 Å². The first-order chi connectivity index (χ1) is 8.33. The number of methoxy groups -OCH3 is 1. The van der Waals surface area contributed by atoms with E-state index in [9.17, 15) is 0 Å². The molecule has 17 heavy (non-hydrogen) atoms. The van der Waals surface area contributed by atoms with E-state index < -0.39 is 0 Å². The van der Waals surface area contributed by atoms with Gasteiger partial charge in [0.15, 0.2) is 0 Å². The number of aryl methyl sites for hydroxylation is 1. The van der Waals surface area contributed by atoms with E-state index in [1.807, 2.05) is 24.3 Å². The maximum absolute atomic E-state index is 5.43. The summed E-state index contributed by atoms with van der Waals surface area (Å²) in [5.41, 5.74) is 6.31. The van der Waals surface area contributed by atoms with Crippen molar-refractivity contribution in [2.45, 2.75) is 12.8 Å². The molecule has 0 fully saturated rings. The quantitative estimate of drug-likeness (QED) is 0.849. The van der Waals surface area contributed by atoms with Gasteiger partial charge in [-0.05, 0) is 25.1 Å². The summed E-state index contributed by atoms with van der Waals surface area (Å²) in [5, 5.41) is 3.93. The van der Waals surface area contributed by atoms with E-state index >= 15 is 0 Å². The lowest BCUT2D eigenvalue weighted by atomic mass is 10.2. The van der Waals surface area contributed by atoms with Crippen LogP contribution in [0.3, 0.4) is 0 Å². The molecule has 0 atom stereocenters. The molecule has 5 heteroatoms. The Morgan fingerprint density at radius 3 is 3.06 bits per heavy atom. The van der Waals surface area contributed by atoms with Crippen molar-refractivity contribution in [3.8, 4) is 17.1 Å². The number of ether oxygens (including phenoxy) is 1. The van der Waals surface area contributed by atoms with Crippen molar-refractivity contribution >= 4 is 0 Å². The molecular weight excluding hydrogens is 218 g/mol. The predicted octanol–water partition coefficient (Wildman–Crippen LogP) is 1.64. The highest BCUT2D eigenvalue weighted by molar-refractivity contribution is 5.56. The number of hydrogen-bond acceptors (Lipinski definition) is 5. The molecule has 0 radical (unpaired) electrons. The van der Waals surface area contributed by atoms with Crippen LogP contribution < -0.4 is 10.5 Å². The van der Waals surface area contributed by atoms with Gasteiger partial charge >= 0.3 is 0 Å². The second-order valence-corrected chi connectivity index (χ2v) is 3.64. The highest BCUT2D eigenvalue weighted by atomic mass is 16.5. The van der Waals surface area contributed by atoms with Gasteiger partial charge in [-0.1, -0.05) is 17.3 Å². The molecule has 0 aliphatic carbocycles. The van der Waals surface area contributed by atoms with Gasteiger partial charge in [0, 0.05) is 12.0 Å². The molecule has 1 aromatic carbocycles. The topological polar surface area (TPSA) is 74.2 Å². The molecule has 1 aromatic heterocycles. The van der Waals surface area contributed by atoms with Crippen LogP contribution in [-0.2, 0) is 6.42 Å². The van der Waals surface area contributed by atoms with Crippen LogP contribution >= 0.6 is 0 Å². The first-order valence-electron chi connectivity index (χ1n) is 5.50. The van der Waals surface area contributed by atoms with Crippen molar-refractivity contribution in [1.29, 1.82) is 0 Å². The lowest BCUT2D eigenvalue weighted by Gasteiger charge is -1.99. The molecule has 2 rings (SSSR count). The standard InChI is InChI=1S/C12H15N3O2/c1-16-10-5-2-4-9(8-10)12-14-11(17-15-12)6-3-7-13/h2,4-5,8H,3,6-7,13H2,1H3. The minimum atomic E-state index is 0.580. The Morgan fingerprint density at radius 2 is 2.29 bits per heavy atom. The van der Waals surface area contributed by atoms with Gasteiger partial charge in [0.05, 0.1) is 7.11 Å². The third kappa shape index (κ3) is 2.82. The molecule has 2 aromatic rings. The summed E-state index contributed by atoms with van der Waals surface area (Å²) in [6.45, 7) is 0.622. The molecule has 2 N–H and O–H groups in total. The van der Waals surface area contributed by atoms with Crippen LogP contribution in [-0.4, -0.2) is 23.8 Å². The van der Waals surface area contributed by atoms with E-state index in [1.54, 1.807) is 7.11 Å². The summed E-state index contributed by atoms with van der Waals surface area (Å²) >= 11 is 0. The Hall–Kier alpha value is -1.88. The zero-order valence-electron chi connectivity index (χ0n) is 9.72. The Bertz CT molecular complexity index is 482. The van der Waals surface area contributed by atoms with E-state index in [-0.39, 0.29) is 0 Å². The van der Waals surface area contributed by atoms with Crippen molar-refractivity contribution in [1.82, 2.24) is 10.1 Å². The molecule has 90 valence electrons. The van der Waals surface area contributed by atoms with E-state index in [1.165, 1.54) is 0 Å². The van der Waals surface area contributed by atoms with Gasteiger partial charge in [-0.25, -0.2) is 0 Å². The van der Waals surface area contributed by atoms with Gasteiger partial charge in [-0.3, -0.25) is 0 Å². The molecule has 0 saturated heterocycles. The molecule has 5 nitrogen and oxygen atoms in total. The largest absolute Gasteiger partial charge is 0.497 e. The Balaban J connectivity index is 2.18. The summed E-state index contributed by atoms with van der Waals surface area (Å²) in [5.74, 6) is 1.97. The van der Waals surface area contributed by atoms with E-state index in [0.29, 0.717) is 24.7 Å². The molecule has 0 aliphatic rings. The highest BCUT2D eigenvalue weighted by Crippen LogP contribution is 2.21. The molecule has 0 spiro atoms. The number of rotatable bonds is 5. The number of nitrogens with zero attached hydrogens (tertiary/aromatic N) is 2. The van der Waals surface area contributed by atoms with Crippen molar-refractivity contribution < 1.29 is 9.26 Å². The second kappa shape index (κ2) is 5.45. The fourth-order valence-electron chi connectivity index (χ4n) is 1.49. The van der Waals surface area contributed by atoms with Crippen LogP contribution in [0.4, 0.5) is 0 Å². The van der Waals surface area contributed by atoms with Crippen LogP contribution in [0.15, 0.2) is 28.8 Å². The maximum Gasteiger partial charge on any atom is 0.227 e. The van der Waals surface area contributed by atoms with Gasteiger partial charge < -0.3 is 15.0 Å². The first-order valence-corrected chi connectivity index (χ1v) is 5.50. The lowest BCUT2D eigenvalue weighted by Crippen LogP contribution is -2.00. The fourth-order valence-corrected chi connectivity index (χ4v) is 1.49. The number of hydrogen-bond donors (Lipinski definition) is 1. The summed E-state index contributed by atoms with van der Waals surface area (Å²) in [7, 11) is 1.63. The van der Waals surface area contributed by atoms with Crippen LogP contribution in [0.1, 0.15) is 12.3 Å². The Kier molecular flexibility index (Phi) is 3.72. The van der Waals surface area contributed by atoms with Gasteiger partial charge in [-0.2, -0.15) is 4.98 Å². The summed E-state index contributed by atoms with van der Waals surface area (Å²) in [6.07, 6.45) is 1.56. The van der Waals surface area contributed by atoms with Gasteiger partial charge in [0.2, 0.25) is 11.7 Å². The van der Waals surface area contributed by atoms with Crippen molar-refractivity contribution in [3.63, 3.8) is 0 Å². The number of aromatic nitrogens is 2. The normalized spacial score (nSPS) is 10.5. The minimum Gasteiger partial charge on any atom is -0.497 e. The smallest absolute Gasteiger partial charge is 0.227 e. The maximum atomic E-state index is 5.43. The highest BCUT2D eigenvalue weighted by Gasteiger charge is 2.08. The average molecular weight is 233 g/mol. The van der Waals surface area contributed by atoms with Crippen molar-refractivity contribution in [3.05, 3.63) is 30.2 Å². The SMILES string of the molecule is COc1cccc(-c2noc(CCCN)n2)c1. The number of benzene rings is 1. The van der Waals surface area contributed by atoms with Crippen LogP contribution in [0.2, 0.25) is 0 Å². The van der Waals surface area contributed by atoms with Crippen molar-refractivity contribution in [2.24, 2.45) is 5.73 Å². The van der Waals surface area contributed by atoms with E-state index in [4.69, 9.17) is 15.0 Å². The summed E-state index contributed by atoms with van der Waals surface area (Å²) < 4.78 is 10.3. The zero-order valence-corrected chi connectivity index (χ0v) is 9.72. The first kappa shape index (κ1) is 11.6. The van der Waals surface area contributed by atoms with E-state index in [0.717, 1.165) is 17.7 Å². The molecule has 0 unspecified atom stereocenters. The lowest BCUT2D eigenvalue weighted by molar-refractivity contribution is 0.376. The van der Waals surface area contributed by atoms with Crippen LogP contribution in [0.5, 0.6) is 5.75 Å². The van der Waals surface area contributed by atoms with Gasteiger partial charge in [-0.15, -0.1) is 0 Å². The molecule has 1 heterocycles. The average Bonchev–Trinajstić information content (AvgIpc) is 2.85. The predicted molar refractivity (Wildman–Crippen MR) is 63.7 cm³/mol. The fraction of sp³-hybridized carbons (Fsp3) is 0.333. The molecule has 0 saturated carbocycles. The number of nitrogens with two attached hydrogens (primary N) is 1. The van der Waals surface area contributed by atoms with Crippen LogP contribution in [0, 0.1) is 0 Å². The zero-order chi connectivity index (χ0) is 12.1. The van der Waals surface area contributed by atoms with Gasteiger partial charge in [0.1, 0.15) is 5.75 Å². The molecule has 0 bridgehead atoms. The summed E-state index contributed by atoms with van der Waals surface area (Å²) in [4.78, 5) is 4.30. The third-order valence-electron chi connectivity index (χ3n) is 2.39. The van der Waals surface area contributed by atoms with E-state index in [2.05, 4.69) is 10.1 Å². The molecule has 0 aliphatic heterocycles. The third-order valence-corrected chi connectivity index (χ3v) is 2.39. The monoisotopic (exact) mass is 233 g/mol. The Labute approximate surface area is 99.6 Å². The van der Waals surface area contributed by atoms with Gasteiger partial charge in [0.25, 0.3) is 0 Å². The second-order valence-electron chi connectivity index (χ2n) is 3.64. The molecular formula is C12H15N3O2. The Morgan fingerprint density at radius 1 is 1.41 bits per heavy atom.